The lowest BCUT2D eigenvalue weighted by Crippen LogP contribution is -2.17. The first-order valence-electron chi connectivity index (χ1n) is 15.5. The minimum atomic E-state index is -0.210. The van der Waals surface area contributed by atoms with Gasteiger partial charge in [-0.3, -0.25) is 0 Å². The van der Waals surface area contributed by atoms with E-state index in [2.05, 4.69) is 122 Å². The number of allylic oxidation sites excluding steroid dienone is 1. The highest BCUT2D eigenvalue weighted by Gasteiger charge is 2.29. The summed E-state index contributed by atoms with van der Waals surface area (Å²) in [5.41, 5.74) is 9.11. The molecule has 0 aliphatic rings. The number of phenolic OH excluding ortho intramolecular Hbond substituents is 3. The van der Waals surface area contributed by atoms with E-state index in [1.165, 1.54) is 22.8 Å². The van der Waals surface area contributed by atoms with E-state index in [0.717, 1.165) is 39.8 Å². The van der Waals surface area contributed by atoms with Crippen molar-refractivity contribution in [3.05, 3.63) is 106 Å². The highest BCUT2D eigenvalue weighted by molar-refractivity contribution is 5.53. The molecule has 3 N–H and O–H groups in total. The van der Waals surface area contributed by atoms with Crippen molar-refractivity contribution in [1.82, 2.24) is 0 Å². The zero-order valence-corrected chi connectivity index (χ0v) is 29.2. The normalized spacial score (nSPS) is 13.0. The van der Waals surface area contributed by atoms with Gasteiger partial charge in [0, 0.05) is 5.92 Å². The minimum absolute atomic E-state index is 0.0460. The maximum Gasteiger partial charge on any atom is 0.119 e. The molecule has 3 aromatic rings. The van der Waals surface area contributed by atoms with Gasteiger partial charge in [-0.05, 0) is 125 Å². The fourth-order valence-corrected chi connectivity index (χ4v) is 6.11. The van der Waals surface area contributed by atoms with Gasteiger partial charge in [0.05, 0.1) is 0 Å². The van der Waals surface area contributed by atoms with Crippen LogP contribution in [0.4, 0.5) is 0 Å². The predicted octanol–water partition coefficient (Wildman–Crippen LogP) is 11.0. The third-order valence-corrected chi connectivity index (χ3v) is 8.45. The monoisotopic (exact) mass is 585 g/mol. The first-order valence-corrected chi connectivity index (χ1v) is 15.5. The van der Waals surface area contributed by atoms with E-state index in [-0.39, 0.29) is 28.1 Å². The molecule has 0 fully saturated rings. The van der Waals surface area contributed by atoms with E-state index in [9.17, 15) is 15.3 Å². The van der Waals surface area contributed by atoms with Crippen molar-refractivity contribution in [3.63, 3.8) is 0 Å². The molecule has 3 rings (SSSR count). The fraction of sp³-hybridized carbons (Fsp3) is 0.475. The number of aryl methyl sites for hydroxylation is 3. The topological polar surface area (TPSA) is 60.7 Å². The Balaban J connectivity index is 0.00000206. The van der Waals surface area contributed by atoms with Crippen molar-refractivity contribution in [1.29, 1.82) is 0 Å². The third-order valence-electron chi connectivity index (χ3n) is 8.45. The van der Waals surface area contributed by atoms with Crippen LogP contribution >= 0.6 is 0 Å². The van der Waals surface area contributed by atoms with E-state index >= 15 is 0 Å². The fourth-order valence-electron chi connectivity index (χ4n) is 6.11. The van der Waals surface area contributed by atoms with Crippen LogP contribution in [0.25, 0.3) is 0 Å². The van der Waals surface area contributed by atoms with Gasteiger partial charge in [-0.1, -0.05) is 93.5 Å². The second kappa shape index (κ2) is 13.2. The number of rotatable bonds is 5. The summed E-state index contributed by atoms with van der Waals surface area (Å²) in [6, 6.07) is 12.3. The van der Waals surface area contributed by atoms with Crippen molar-refractivity contribution >= 4 is 0 Å². The quantitative estimate of drug-likeness (QED) is 0.279. The Morgan fingerprint density at radius 3 is 1.12 bits per heavy atom. The molecule has 0 aliphatic carbocycles. The summed E-state index contributed by atoms with van der Waals surface area (Å²) in [7, 11) is 0. The minimum Gasteiger partial charge on any atom is -0.508 e. The average Bonchev–Trinajstić information content (AvgIpc) is 2.81. The maximum absolute atomic E-state index is 10.9. The van der Waals surface area contributed by atoms with E-state index in [0.29, 0.717) is 17.2 Å². The first-order chi connectivity index (χ1) is 19.5. The molecule has 1 atom stereocenters. The van der Waals surface area contributed by atoms with Gasteiger partial charge in [-0.25, -0.2) is 0 Å². The van der Waals surface area contributed by atoms with Crippen molar-refractivity contribution in [2.75, 3.05) is 0 Å². The molecule has 0 saturated heterocycles. The van der Waals surface area contributed by atoms with Crippen LogP contribution in [-0.4, -0.2) is 15.3 Å². The Hall–Kier alpha value is -3.20. The zero-order chi connectivity index (χ0) is 33.2. The molecule has 0 aliphatic heterocycles. The summed E-state index contributed by atoms with van der Waals surface area (Å²) in [6.07, 6.45) is 2.35. The molecule has 0 bridgehead atoms. The van der Waals surface area contributed by atoms with Crippen LogP contribution in [-0.2, 0) is 16.2 Å². The molecule has 43 heavy (non-hydrogen) atoms. The van der Waals surface area contributed by atoms with Crippen molar-refractivity contribution < 1.29 is 15.3 Å². The average molecular weight is 586 g/mol. The van der Waals surface area contributed by atoms with Gasteiger partial charge >= 0.3 is 0 Å². The molecular weight excluding hydrogens is 528 g/mol. The van der Waals surface area contributed by atoms with Gasteiger partial charge in [-0.15, -0.1) is 6.58 Å². The number of hydrogen-bond donors (Lipinski definition) is 3. The Morgan fingerprint density at radius 2 is 0.837 bits per heavy atom. The standard InChI is InChI=1S/C37H52O3.C3H5/c1-21(25-18-29(35(5,6)7)32(38)15-22(25)2)14-28(26-19-30(36(8,9)10)33(39)16-23(26)3)27-20-31(37(11,12)13)34(40)17-24(27)4;1-3-2/h15-21,28,38-40H,14H2,1-13H3;3H,1-2H2. The zero-order valence-electron chi connectivity index (χ0n) is 29.2. The summed E-state index contributed by atoms with van der Waals surface area (Å²) in [5, 5.41) is 32.6. The number of benzene rings is 3. The maximum atomic E-state index is 10.9. The Kier molecular flexibility index (Phi) is 11.1. The summed E-state index contributed by atoms with van der Waals surface area (Å²) in [5.74, 6) is 1.27. The van der Waals surface area contributed by atoms with Crippen molar-refractivity contribution in [3.8, 4) is 17.2 Å². The van der Waals surface area contributed by atoms with Gasteiger partial charge in [-0.2, -0.15) is 0 Å². The molecule has 235 valence electrons. The highest BCUT2D eigenvalue weighted by atomic mass is 16.3. The molecule has 0 amide bonds. The van der Waals surface area contributed by atoms with Gasteiger partial charge in [0.15, 0.2) is 0 Å². The van der Waals surface area contributed by atoms with Gasteiger partial charge in [0.1, 0.15) is 17.2 Å². The van der Waals surface area contributed by atoms with Crippen LogP contribution in [0.15, 0.2) is 49.1 Å². The van der Waals surface area contributed by atoms with Crippen LogP contribution in [0, 0.1) is 27.7 Å². The van der Waals surface area contributed by atoms with E-state index in [4.69, 9.17) is 0 Å². The lowest BCUT2D eigenvalue weighted by atomic mass is 9.74. The van der Waals surface area contributed by atoms with E-state index in [1.54, 1.807) is 0 Å². The third kappa shape index (κ3) is 8.46. The molecule has 3 heteroatoms. The van der Waals surface area contributed by atoms with E-state index < -0.39 is 0 Å². The van der Waals surface area contributed by atoms with Gasteiger partial charge in [0.2, 0.25) is 0 Å². The molecule has 0 heterocycles. The predicted molar refractivity (Wildman–Crippen MR) is 185 cm³/mol. The number of aromatic hydroxyl groups is 3. The van der Waals surface area contributed by atoms with Gasteiger partial charge in [0.25, 0.3) is 0 Å². The van der Waals surface area contributed by atoms with E-state index in [1.807, 2.05) is 18.2 Å². The molecule has 0 saturated carbocycles. The van der Waals surface area contributed by atoms with Crippen molar-refractivity contribution in [2.24, 2.45) is 0 Å². The molecule has 0 aromatic heterocycles. The second-order valence-corrected chi connectivity index (χ2v) is 15.4. The summed E-state index contributed by atoms with van der Waals surface area (Å²) in [4.78, 5) is 0. The molecule has 1 unspecified atom stereocenters. The molecular formula is C40H57O3. The largest absolute Gasteiger partial charge is 0.508 e. The number of hydrogen-bond acceptors (Lipinski definition) is 3. The Labute approximate surface area is 262 Å². The van der Waals surface area contributed by atoms with Crippen LogP contribution in [0.1, 0.15) is 138 Å². The smallest absolute Gasteiger partial charge is 0.119 e. The number of phenols is 3. The first kappa shape index (κ1) is 36.0. The van der Waals surface area contributed by atoms with Crippen LogP contribution in [0.3, 0.4) is 0 Å². The highest BCUT2D eigenvalue weighted by Crippen LogP contribution is 2.45. The second-order valence-electron chi connectivity index (χ2n) is 15.4. The SMILES string of the molecule is Cc1cc(O)c(C(C)(C)C)cc1C(C)CC(c1cc(C(C)(C)C)c(O)cc1C)c1cc(C(C)(C)C)c(O)cc1C.[CH2]C=C. The van der Waals surface area contributed by atoms with Gasteiger partial charge < -0.3 is 15.3 Å². The Morgan fingerprint density at radius 1 is 0.581 bits per heavy atom. The molecule has 3 aromatic carbocycles. The summed E-state index contributed by atoms with van der Waals surface area (Å²) < 4.78 is 0. The van der Waals surface area contributed by atoms with Crippen LogP contribution in [0.5, 0.6) is 17.2 Å². The molecule has 0 spiro atoms. The lowest BCUT2D eigenvalue weighted by molar-refractivity contribution is 0.444. The van der Waals surface area contributed by atoms with Crippen LogP contribution < -0.4 is 0 Å². The molecule has 3 nitrogen and oxygen atoms in total. The summed E-state index contributed by atoms with van der Waals surface area (Å²) in [6.45, 7) is 34.2. The summed E-state index contributed by atoms with van der Waals surface area (Å²) >= 11 is 0. The lowest BCUT2D eigenvalue weighted by Gasteiger charge is -2.31. The molecule has 1 radical (unpaired) electrons. The van der Waals surface area contributed by atoms with Crippen LogP contribution in [0.2, 0.25) is 0 Å². The van der Waals surface area contributed by atoms with Crippen molar-refractivity contribution in [2.45, 2.75) is 125 Å². The Bertz CT molecular complexity index is 1370.